The third kappa shape index (κ3) is 2.44. The SMILES string of the molecule is NCc1cc(COc2cccc3ccccc23)on1. The summed E-state index contributed by atoms with van der Waals surface area (Å²) >= 11 is 0. The van der Waals surface area contributed by atoms with E-state index < -0.39 is 0 Å². The van der Waals surface area contributed by atoms with E-state index >= 15 is 0 Å². The third-order valence-electron chi connectivity index (χ3n) is 2.94. The number of nitrogens with zero attached hydrogens (tertiary/aromatic N) is 1. The van der Waals surface area contributed by atoms with E-state index in [-0.39, 0.29) is 0 Å². The molecular formula is C15H14N2O2. The van der Waals surface area contributed by atoms with Crippen molar-refractivity contribution < 1.29 is 9.26 Å². The predicted molar refractivity (Wildman–Crippen MR) is 72.7 cm³/mol. The van der Waals surface area contributed by atoms with Crippen LogP contribution >= 0.6 is 0 Å². The summed E-state index contributed by atoms with van der Waals surface area (Å²) in [6.07, 6.45) is 0. The van der Waals surface area contributed by atoms with E-state index in [1.54, 1.807) is 0 Å². The van der Waals surface area contributed by atoms with Crippen LogP contribution in [0.25, 0.3) is 10.8 Å². The van der Waals surface area contributed by atoms with Crippen LogP contribution in [-0.2, 0) is 13.2 Å². The number of benzene rings is 2. The first-order valence-electron chi connectivity index (χ1n) is 6.12. The van der Waals surface area contributed by atoms with Gasteiger partial charge in [0.25, 0.3) is 0 Å². The largest absolute Gasteiger partial charge is 0.485 e. The molecule has 19 heavy (non-hydrogen) atoms. The Hall–Kier alpha value is -2.33. The van der Waals surface area contributed by atoms with Gasteiger partial charge >= 0.3 is 0 Å². The minimum atomic E-state index is 0.348. The first-order chi connectivity index (χ1) is 9.36. The summed E-state index contributed by atoms with van der Waals surface area (Å²) in [7, 11) is 0. The molecule has 0 radical (unpaired) electrons. The summed E-state index contributed by atoms with van der Waals surface area (Å²) in [6, 6.07) is 15.9. The fraction of sp³-hybridized carbons (Fsp3) is 0.133. The van der Waals surface area contributed by atoms with Gasteiger partial charge in [-0.3, -0.25) is 0 Å². The molecule has 0 saturated heterocycles. The average molecular weight is 254 g/mol. The molecule has 0 aliphatic carbocycles. The van der Waals surface area contributed by atoms with Gasteiger partial charge < -0.3 is 15.0 Å². The summed E-state index contributed by atoms with van der Waals surface area (Å²) in [5.74, 6) is 1.51. The molecule has 3 aromatic rings. The Bertz CT molecular complexity index is 686. The first kappa shape index (κ1) is 11.7. The van der Waals surface area contributed by atoms with Crippen LogP contribution in [0, 0.1) is 0 Å². The second kappa shape index (κ2) is 5.12. The number of nitrogens with two attached hydrogens (primary N) is 1. The zero-order chi connectivity index (χ0) is 13.1. The van der Waals surface area contributed by atoms with Gasteiger partial charge in [-0.15, -0.1) is 0 Å². The van der Waals surface area contributed by atoms with Crippen LogP contribution in [0.3, 0.4) is 0 Å². The molecule has 1 aromatic heterocycles. The molecule has 3 rings (SSSR count). The number of hydrogen-bond acceptors (Lipinski definition) is 4. The van der Waals surface area contributed by atoms with E-state index in [0.29, 0.717) is 18.9 Å². The Balaban J connectivity index is 1.81. The molecule has 0 saturated carbocycles. The normalized spacial score (nSPS) is 10.8. The fourth-order valence-corrected chi connectivity index (χ4v) is 1.99. The van der Waals surface area contributed by atoms with Crippen LogP contribution in [0.1, 0.15) is 11.5 Å². The van der Waals surface area contributed by atoms with Crippen LogP contribution < -0.4 is 10.5 Å². The zero-order valence-corrected chi connectivity index (χ0v) is 10.4. The summed E-state index contributed by atoms with van der Waals surface area (Å²) in [6.45, 7) is 0.721. The van der Waals surface area contributed by atoms with Crippen molar-refractivity contribution in [2.45, 2.75) is 13.2 Å². The average Bonchev–Trinajstić information content (AvgIpc) is 2.93. The molecule has 0 atom stereocenters. The molecule has 0 bridgehead atoms. The fourth-order valence-electron chi connectivity index (χ4n) is 1.99. The predicted octanol–water partition coefficient (Wildman–Crippen LogP) is 2.87. The highest BCUT2D eigenvalue weighted by atomic mass is 16.5. The maximum absolute atomic E-state index is 5.79. The summed E-state index contributed by atoms with van der Waals surface area (Å²) in [5.41, 5.74) is 6.21. The van der Waals surface area contributed by atoms with Crippen LogP contribution in [0.5, 0.6) is 5.75 Å². The van der Waals surface area contributed by atoms with Gasteiger partial charge in [-0.05, 0) is 11.5 Å². The standard InChI is InChI=1S/C15H14N2O2/c16-9-12-8-13(19-17-12)10-18-15-7-3-5-11-4-1-2-6-14(11)15/h1-8H,9-10,16H2. The zero-order valence-electron chi connectivity index (χ0n) is 10.4. The molecule has 0 unspecified atom stereocenters. The van der Waals surface area contributed by atoms with Crippen molar-refractivity contribution >= 4 is 10.8 Å². The van der Waals surface area contributed by atoms with E-state index in [0.717, 1.165) is 22.2 Å². The smallest absolute Gasteiger partial charge is 0.174 e. The van der Waals surface area contributed by atoms with Crippen LogP contribution in [0.15, 0.2) is 53.1 Å². The van der Waals surface area contributed by atoms with Crippen LogP contribution in [0.4, 0.5) is 0 Å². The van der Waals surface area contributed by atoms with Crippen molar-refractivity contribution in [1.82, 2.24) is 5.16 Å². The number of rotatable bonds is 4. The molecule has 2 N–H and O–H groups in total. The lowest BCUT2D eigenvalue weighted by Gasteiger charge is -2.07. The quantitative estimate of drug-likeness (QED) is 0.777. The summed E-state index contributed by atoms with van der Waals surface area (Å²) in [4.78, 5) is 0. The molecule has 0 aliphatic heterocycles. The Morgan fingerprint density at radius 3 is 2.79 bits per heavy atom. The van der Waals surface area contributed by atoms with Crippen molar-refractivity contribution in [2.75, 3.05) is 0 Å². The van der Waals surface area contributed by atoms with Crippen molar-refractivity contribution in [3.8, 4) is 5.75 Å². The Kier molecular flexibility index (Phi) is 3.16. The second-order valence-electron chi connectivity index (χ2n) is 4.25. The monoisotopic (exact) mass is 254 g/mol. The van der Waals surface area contributed by atoms with Gasteiger partial charge in [-0.1, -0.05) is 41.6 Å². The van der Waals surface area contributed by atoms with E-state index in [9.17, 15) is 0 Å². The minimum Gasteiger partial charge on any atom is -0.485 e. The van der Waals surface area contributed by atoms with Gasteiger partial charge in [0.05, 0.1) is 5.69 Å². The minimum absolute atomic E-state index is 0.348. The maximum atomic E-state index is 5.79. The molecule has 2 aromatic carbocycles. The first-order valence-corrected chi connectivity index (χ1v) is 6.12. The summed E-state index contributed by atoms with van der Waals surface area (Å²) in [5, 5.41) is 6.07. The third-order valence-corrected chi connectivity index (χ3v) is 2.94. The number of ether oxygens (including phenoxy) is 1. The molecule has 0 aliphatic rings. The molecule has 4 heteroatoms. The second-order valence-corrected chi connectivity index (χ2v) is 4.25. The topological polar surface area (TPSA) is 61.3 Å². The van der Waals surface area contributed by atoms with Crippen molar-refractivity contribution in [3.05, 3.63) is 60.0 Å². The van der Waals surface area contributed by atoms with Gasteiger partial charge in [0.2, 0.25) is 0 Å². The van der Waals surface area contributed by atoms with Crippen LogP contribution in [0.2, 0.25) is 0 Å². The van der Waals surface area contributed by atoms with E-state index in [1.807, 2.05) is 36.4 Å². The van der Waals surface area contributed by atoms with Crippen LogP contribution in [-0.4, -0.2) is 5.16 Å². The van der Waals surface area contributed by atoms with Gasteiger partial charge in [0.15, 0.2) is 5.76 Å². The molecule has 4 nitrogen and oxygen atoms in total. The van der Waals surface area contributed by atoms with Crippen molar-refractivity contribution in [1.29, 1.82) is 0 Å². The molecule has 0 fully saturated rings. The Morgan fingerprint density at radius 2 is 1.95 bits per heavy atom. The lowest BCUT2D eigenvalue weighted by Crippen LogP contribution is -1.96. The highest BCUT2D eigenvalue weighted by Crippen LogP contribution is 2.25. The molecule has 0 amide bonds. The van der Waals surface area contributed by atoms with E-state index in [4.69, 9.17) is 15.0 Å². The van der Waals surface area contributed by atoms with Crippen molar-refractivity contribution in [2.24, 2.45) is 5.73 Å². The Labute approximate surface area is 110 Å². The molecule has 96 valence electrons. The lowest BCUT2D eigenvalue weighted by molar-refractivity contribution is 0.251. The molecular weight excluding hydrogens is 240 g/mol. The van der Waals surface area contributed by atoms with E-state index in [1.165, 1.54) is 0 Å². The Morgan fingerprint density at radius 1 is 1.11 bits per heavy atom. The highest BCUT2D eigenvalue weighted by molar-refractivity contribution is 5.88. The number of fused-ring (bicyclic) bond motifs is 1. The van der Waals surface area contributed by atoms with Gasteiger partial charge in [0, 0.05) is 18.0 Å². The van der Waals surface area contributed by atoms with E-state index in [2.05, 4.69) is 17.3 Å². The van der Waals surface area contributed by atoms with Crippen molar-refractivity contribution in [3.63, 3.8) is 0 Å². The number of aromatic nitrogens is 1. The lowest BCUT2D eigenvalue weighted by atomic mass is 10.1. The highest BCUT2D eigenvalue weighted by Gasteiger charge is 2.05. The van der Waals surface area contributed by atoms with Gasteiger partial charge in [0.1, 0.15) is 12.4 Å². The number of hydrogen-bond donors (Lipinski definition) is 1. The maximum Gasteiger partial charge on any atom is 0.174 e. The van der Waals surface area contributed by atoms with Gasteiger partial charge in [-0.25, -0.2) is 0 Å². The van der Waals surface area contributed by atoms with Gasteiger partial charge in [-0.2, -0.15) is 0 Å². The molecule has 1 heterocycles. The molecule has 0 spiro atoms. The summed E-state index contributed by atoms with van der Waals surface area (Å²) < 4.78 is 10.9.